The highest BCUT2D eigenvalue weighted by Gasteiger charge is 2.06. The normalized spacial score (nSPS) is 10.6. The van der Waals surface area contributed by atoms with E-state index in [0.29, 0.717) is 13.1 Å². The smallest absolute Gasteiger partial charge is 0.125 e. The van der Waals surface area contributed by atoms with Crippen LogP contribution >= 0.6 is 0 Å². The first-order valence-electron chi connectivity index (χ1n) is 7.30. The molecule has 1 aromatic carbocycles. The average molecular weight is 287 g/mol. The van der Waals surface area contributed by atoms with Gasteiger partial charge in [-0.05, 0) is 48.9 Å². The summed E-state index contributed by atoms with van der Waals surface area (Å²) >= 11 is 0. The molecule has 112 valence electrons. The van der Waals surface area contributed by atoms with Crippen LogP contribution in [-0.4, -0.2) is 18.6 Å². The molecule has 3 nitrogen and oxygen atoms in total. The van der Waals surface area contributed by atoms with Gasteiger partial charge in [0.05, 0.1) is 12.2 Å². The number of benzene rings is 1. The number of anilines is 1. The third-order valence-electron chi connectivity index (χ3n) is 3.26. The summed E-state index contributed by atoms with van der Waals surface area (Å²) in [5.41, 5.74) is 2.80. The maximum Gasteiger partial charge on any atom is 0.125 e. The van der Waals surface area contributed by atoms with Crippen LogP contribution in [0.1, 0.15) is 24.6 Å². The molecule has 0 aliphatic heterocycles. The summed E-state index contributed by atoms with van der Waals surface area (Å²) in [6.45, 7) is 4.41. The molecule has 4 heteroatoms. The molecular weight excluding hydrogens is 265 g/mol. The van der Waals surface area contributed by atoms with E-state index in [1.807, 2.05) is 36.2 Å². The van der Waals surface area contributed by atoms with Crippen LogP contribution in [0.15, 0.2) is 42.6 Å². The first kappa shape index (κ1) is 15.4. The molecule has 0 unspecified atom stereocenters. The summed E-state index contributed by atoms with van der Waals surface area (Å²) < 4.78 is 13.8. The summed E-state index contributed by atoms with van der Waals surface area (Å²) in [6, 6.07) is 11.0. The molecule has 0 atom stereocenters. The number of rotatable bonds is 7. The molecule has 0 fully saturated rings. The second-order valence-corrected chi connectivity index (χ2v) is 5.17. The highest BCUT2D eigenvalue weighted by molar-refractivity contribution is 5.48. The van der Waals surface area contributed by atoms with Crippen molar-refractivity contribution in [2.75, 3.05) is 18.5 Å². The van der Waals surface area contributed by atoms with Crippen molar-refractivity contribution in [3.63, 3.8) is 0 Å². The highest BCUT2D eigenvalue weighted by atomic mass is 19.1. The van der Waals surface area contributed by atoms with Crippen LogP contribution in [0.5, 0.6) is 0 Å². The Morgan fingerprint density at radius 2 is 2.10 bits per heavy atom. The zero-order valence-electron chi connectivity index (χ0n) is 12.6. The Labute approximate surface area is 125 Å². The lowest BCUT2D eigenvalue weighted by molar-refractivity contribution is 0.618. The molecule has 0 amide bonds. The predicted molar refractivity (Wildman–Crippen MR) is 84.7 cm³/mol. The van der Waals surface area contributed by atoms with Gasteiger partial charge >= 0.3 is 0 Å². The van der Waals surface area contributed by atoms with E-state index >= 15 is 0 Å². The van der Waals surface area contributed by atoms with E-state index in [1.54, 1.807) is 18.3 Å². The van der Waals surface area contributed by atoms with Gasteiger partial charge in [-0.15, -0.1) is 0 Å². The SMILES string of the molecule is CCCNCc1cc(F)cc(N(C)Cc2ccccn2)c1. The Balaban J connectivity index is 2.07. The Morgan fingerprint density at radius 3 is 2.81 bits per heavy atom. The molecule has 2 aromatic rings. The maximum atomic E-state index is 13.8. The molecule has 0 saturated carbocycles. The molecule has 1 N–H and O–H groups in total. The van der Waals surface area contributed by atoms with E-state index in [1.165, 1.54) is 0 Å². The second-order valence-electron chi connectivity index (χ2n) is 5.17. The number of nitrogens with zero attached hydrogens (tertiary/aromatic N) is 2. The maximum absolute atomic E-state index is 13.8. The molecular formula is C17H22FN3. The fourth-order valence-electron chi connectivity index (χ4n) is 2.19. The van der Waals surface area contributed by atoms with Gasteiger partial charge in [0.1, 0.15) is 5.82 Å². The highest BCUT2D eigenvalue weighted by Crippen LogP contribution is 2.19. The molecule has 0 aliphatic rings. The molecule has 0 radical (unpaired) electrons. The summed E-state index contributed by atoms with van der Waals surface area (Å²) in [5, 5.41) is 3.30. The van der Waals surface area contributed by atoms with Gasteiger partial charge < -0.3 is 10.2 Å². The lowest BCUT2D eigenvalue weighted by Gasteiger charge is -2.20. The van der Waals surface area contributed by atoms with E-state index < -0.39 is 0 Å². The van der Waals surface area contributed by atoms with Gasteiger partial charge in [-0.1, -0.05) is 13.0 Å². The van der Waals surface area contributed by atoms with Crippen LogP contribution in [0.2, 0.25) is 0 Å². The lowest BCUT2D eigenvalue weighted by Crippen LogP contribution is -2.18. The van der Waals surface area contributed by atoms with E-state index in [9.17, 15) is 4.39 Å². The van der Waals surface area contributed by atoms with Crippen molar-refractivity contribution in [1.29, 1.82) is 0 Å². The van der Waals surface area contributed by atoms with Gasteiger partial charge in [-0.3, -0.25) is 4.98 Å². The van der Waals surface area contributed by atoms with Crippen LogP contribution in [-0.2, 0) is 13.1 Å². The molecule has 1 aromatic heterocycles. The van der Waals surface area contributed by atoms with Crippen LogP contribution < -0.4 is 10.2 Å². The topological polar surface area (TPSA) is 28.2 Å². The van der Waals surface area contributed by atoms with Gasteiger partial charge in [-0.2, -0.15) is 0 Å². The summed E-state index contributed by atoms with van der Waals surface area (Å²) in [7, 11) is 1.95. The quantitative estimate of drug-likeness (QED) is 0.792. The van der Waals surface area contributed by atoms with Crippen LogP contribution in [0.25, 0.3) is 0 Å². The standard InChI is InChI=1S/C17H22FN3/c1-3-7-19-12-14-9-15(18)11-17(10-14)21(2)13-16-6-4-5-8-20-16/h4-6,8-11,19H,3,7,12-13H2,1-2H3. The fraction of sp³-hybridized carbons (Fsp3) is 0.353. The van der Waals surface area contributed by atoms with Gasteiger partial charge in [-0.25, -0.2) is 4.39 Å². The Hall–Kier alpha value is -1.94. The average Bonchev–Trinajstić information content (AvgIpc) is 2.48. The van der Waals surface area contributed by atoms with Gasteiger partial charge in [0.2, 0.25) is 0 Å². The Bertz CT molecular complexity index is 557. The van der Waals surface area contributed by atoms with Crippen molar-refractivity contribution in [2.45, 2.75) is 26.4 Å². The fourth-order valence-corrected chi connectivity index (χ4v) is 2.19. The van der Waals surface area contributed by atoms with Crippen LogP contribution in [0, 0.1) is 5.82 Å². The number of aromatic nitrogens is 1. The number of hydrogen-bond donors (Lipinski definition) is 1. The number of nitrogens with one attached hydrogen (secondary N) is 1. The minimum Gasteiger partial charge on any atom is -0.369 e. The Kier molecular flexibility index (Phi) is 5.69. The third kappa shape index (κ3) is 4.83. The third-order valence-corrected chi connectivity index (χ3v) is 3.26. The van der Waals surface area contributed by atoms with Gasteiger partial charge in [0.25, 0.3) is 0 Å². The van der Waals surface area contributed by atoms with Crippen molar-refractivity contribution in [2.24, 2.45) is 0 Å². The van der Waals surface area contributed by atoms with Gasteiger partial charge in [0.15, 0.2) is 0 Å². The van der Waals surface area contributed by atoms with Crippen molar-refractivity contribution < 1.29 is 4.39 Å². The predicted octanol–water partition coefficient (Wildman–Crippen LogP) is 3.36. The van der Waals surface area contributed by atoms with E-state index in [0.717, 1.165) is 29.9 Å². The minimum absolute atomic E-state index is 0.200. The number of halogens is 1. The molecule has 0 saturated heterocycles. The van der Waals surface area contributed by atoms with Crippen molar-refractivity contribution in [3.05, 3.63) is 59.7 Å². The van der Waals surface area contributed by atoms with E-state index in [2.05, 4.69) is 17.2 Å². The molecule has 2 rings (SSSR count). The molecule has 0 aliphatic carbocycles. The molecule has 21 heavy (non-hydrogen) atoms. The van der Waals surface area contributed by atoms with Crippen molar-refractivity contribution >= 4 is 5.69 Å². The summed E-state index contributed by atoms with van der Waals surface area (Å²) in [4.78, 5) is 6.31. The molecule has 1 heterocycles. The largest absolute Gasteiger partial charge is 0.369 e. The molecule has 0 bridgehead atoms. The minimum atomic E-state index is -0.200. The zero-order chi connectivity index (χ0) is 15.1. The number of hydrogen-bond acceptors (Lipinski definition) is 3. The molecule has 0 spiro atoms. The van der Waals surface area contributed by atoms with Crippen LogP contribution in [0.4, 0.5) is 10.1 Å². The van der Waals surface area contributed by atoms with Crippen molar-refractivity contribution in [3.8, 4) is 0 Å². The number of pyridine rings is 1. The monoisotopic (exact) mass is 287 g/mol. The van der Waals surface area contributed by atoms with Crippen molar-refractivity contribution in [1.82, 2.24) is 10.3 Å². The summed E-state index contributed by atoms with van der Waals surface area (Å²) in [5.74, 6) is -0.200. The van der Waals surface area contributed by atoms with Crippen LogP contribution in [0.3, 0.4) is 0 Å². The van der Waals surface area contributed by atoms with Gasteiger partial charge in [0, 0.05) is 25.5 Å². The summed E-state index contributed by atoms with van der Waals surface area (Å²) in [6.07, 6.45) is 2.84. The zero-order valence-corrected chi connectivity index (χ0v) is 12.6. The lowest BCUT2D eigenvalue weighted by atomic mass is 10.1. The Morgan fingerprint density at radius 1 is 1.24 bits per heavy atom. The van der Waals surface area contributed by atoms with E-state index in [4.69, 9.17) is 0 Å². The van der Waals surface area contributed by atoms with E-state index in [-0.39, 0.29) is 5.82 Å². The first-order chi connectivity index (χ1) is 10.2. The second kappa shape index (κ2) is 7.74. The first-order valence-corrected chi connectivity index (χ1v) is 7.30.